The zero-order chi connectivity index (χ0) is 14.8. The maximum absolute atomic E-state index is 11.2. The van der Waals surface area contributed by atoms with Crippen LogP contribution in [0.3, 0.4) is 0 Å². The number of aromatic nitrogens is 2. The van der Waals surface area contributed by atoms with E-state index in [0.29, 0.717) is 17.8 Å². The summed E-state index contributed by atoms with van der Waals surface area (Å²) >= 11 is 0. The molecule has 2 fully saturated rings. The third kappa shape index (κ3) is 2.76. The molecule has 0 aromatic carbocycles. The van der Waals surface area contributed by atoms with Crippen LogP contribution in [0.2, 0.25) is 0 Å². The number of hydrogen-bond acceptors (Lipinski definition) is 7. The fraction of sp³-hybridized carbons (Fsp3) is 0.692. The van der Waals surface area contributed by atoms with Crippen molar-refractivity contribution in [3.05, 3.63) is 16.3 Å². The second-order valence-corrected chi connectivity index (χ2v) is 5.54. The molecule has 0 amide bonds. The standard InChI is InChI=1S/C13H20N6O2/c1-14-13-15-8-11(19(20)21)12(16-13)18-7-6-17-5-3-2-4-10(17)9-18/h8,10H,2-7,9H2,1H3,(H,14,15,16). The molecular formula is C13H20N6O2. The van der Waals surface area contributed by atoms with Crippen molar-refractivity contribution in [1.82, 2.24) is 14.9 Å². The van der Waals surface area contributed by atoms with Crippen LogP contribution in [-0.2, 0) is 0 Å². The Balaban J connectivity index is 1.86. The molecule has 1 aromatic rings. The molecule has 1 unspecified atom stereocenters. The van der Waals surface area contributed by atoms with Gasteiger partial charge in [0.2, 0.25) is 11.8 Å². The number of fused-ring (bicyclic) bond motifs is 1. The number of piperidine rings is 1. The summed E-state index contributed by atoms with van der Waals surface area (Å²) in [6.45, 7) is 3.67. The van der Waals surface area contributed by atoms with E-state index in [1.54, 1.807) is 7.05 Å². The lowest BCUT2D eigenvalue weighted by molar-refractivity contribution is -0.384. The van der Waals surface area contributed by atoms with Crippen molar-refractivity contribution in [2.24, 2.45) is 0 Å². The van der Waals surface area contributed by atoms with Gasteiger partial charge in [0.25, 0.3) is 0 Å². The Bertz CT molecular complexity index is 537. The van der Waals surface area contributed by atoms with Gasteiger partial charge in [0.15, 0.2) is 0 Å². The number of hydrogen-bond donors (Lipinski definition) is 1. The smallest absolute Gasteiger partial charge is 0.329 e. The highest BCUT2D eigenvalue weighted by Crippen LogP contribution is 2.30. The zero-order valence-electron chi connectivity index (χ0n) is 12.2. The van der Waals surface area contributed by atoms with E-state index in [9.17, 15) is 10.1 Å². The Labute approximate surface area is 123 Å². The first-order valence-electron chi connectivity index (χ1n) is 7.37. The van der Waals surface area contributed by atoms with Crippen molar-refractivity contribution in [2.75, 3.05) is 43.4 Å². The van der Waals surface area contributed by atoms with Gasteiger partial charge >= 0.3 is 5.69 Å². The molecule has 3 heterocycles. The van der Waals surface area contributed by atoms with Crippen molar-refractivity contribution in [3.8, 4) is 0 Å². The first kappa shape index (κ1) is 14.0. The molecule has 2 saturated heterocycles. The lowest BCUT2D eigenvalue weighted by atomic mass is 9.99. The van der Waals surface area contributed by atoms with E-state index in [2.05, 4.69) is 20.2 Å². The van der Waals surface area contributed by atoms with Gasteiger partial charge in [0.1, 0.15) is 6.20 Å². The molecule has 8 nitrogen and oxygen atoms in total. The fourth-order valence-corrected chi connectivity index (χ4v) is 3.20. The molecular weight excluding hydrogens is 272 g/mol. The van der Waals surface area contributed by atoms with Crippen LogP contribution in [0.25, 0.3) is 0 Å². The van der Waals surface area contributed by atoms with E-state index in [0.717, 1.165) is 32.6 Å². The summed E-state index contributed by atoms with van der Waals surface area (Å²) in [6.07, 6.45) is 4.95. The van der Waals surface area contributed by atoms with Crippen LogP contribution in [0.1, 0.15) is 19.3 Å². The molecule has 114 valence electrons. The van der Waals surface area contributed by atoms with Gasteiger partial charge < -0.3 is 10.2 Å². The molecule has 0 aliphatic carbocycles. The molecule has 21 heavy (non-hydrogen) atoms. The van der Waals surface area contributed by atoms with Crippen molar-refractivity contribution < 1.29 is 4.92 Å². The molecule has 2 aliphatic heterocycles. The highest BCUT2D eigenvalue weighted by atomic mass is 16.6. The van der Waals surface area contributed by atoms with E-state index in [-0.39, 0.29) is 5.69 Å². The first-order valence-corrected chi connectivity index (χ1v) is 7.37. The number of nitrogens with zero attached hydrogens (tertiary/aromatic N) is 5. The largest absolute Gasteiger partial charge is 0.357 e. The Morgan fingerprint density at radius 1 is 1.38 bits per heavy atom. The number of rotatable bonds is 3. The van der Waals surface area contributed by atoms with Crippen LogP contribution in [0.4, 0.5) is 17.5 Å². The van der Waals surface area contributed by atoms with Crippen molar-refractivity contribution in [2.45, 2.75) is 25.3 Å². The average molecular weight is 292 g/mol. The van der Waals surface area contributed by atoms with Crippen LogP contribution >= 0.6 is 0 Å². The molecule has 8 heteroatoms. The number of nitro groups is 1. The Morgan fingerprint density at radius 2 is 2.24 bits per heavy atom. The van der Waals surface area contributed by atoms with Gasteiger partial charge in [-0.2, -0.15) is 4.98 Å². The SMILES string of the molecule is CNc1ncc([N+](=O)[O-])c(N2CCN3CCCCC3C2)n1. The van der Waals surface area contributed by atoms with E-state index in [1.165, 1.54) is 19.0 Å². The summed E-state index contributed by atoms with van der Waals surface area (Å²) < 4.78 is 0. The normalized spacial score (nSPS) is 22.7. The number of anilines is 2. The number of nitrogens with one attached hydrogen (secondary N) is 1. The summed E-state index contributed by atoms with van der Waals surface area (Å²) in [5.41, 5.74) is -0.0155. The molecule has 1 N–H and O–H groups in total. The summed E-state index contributed by atoms with van der Waals surface area (Å²) in [4.78, 5) is 23.6. The van der Waals surface area contributed by atoms with Gasteiger partial charge in [-0.3, -0.25) is 15.0 Å². The minimum absolute atomic E-state index is 0.0155. The van der Waals surface area contributed by atoms with Gasteiger partial charge in [-0.1, -0.05) is 6.42 Å². The summed E-state index contributed by atoms with van der Waals surface area (Å²) in [5.74, 6) is 0.853. The summed E-state index contributed by atoms with van der Waals surface area (Å²) in [6, 6.07) is 0.486. The Morgan fingerprint density at radius 3 is 3.00 bits per heavy atom. The predicted molar refractivity (Wildman–Crippen MR) is 79.7 cm³/mol. The lowest BCUT2D eigenvalue weighted by Crippen LogP contribution is -2.55. The van der Waals surface area contributed by atoms with Crippen LogP contribution < -0.4 is 10.2 Å². The minimum atomic E-state index is -0.401. The molecule has 0 radical (unpaired) electrons. The van der Waals surface area contributed by atoms with Crippen molar-refractivity contribution >= 4 is 17.5 Å². The van der Waals surface area contributed by atoms with E-state index < -0.39 is 4.92 Å². The molecule has 0 saturated carbocycles. The van der Waals surface area contributed by atoms with Crippen LogP contribution in [-0.4, -0.2) is 59.1 Å². The molecule has 2 aliphatic rings. The van der Waals surface area contributed by atoms with Gasteiger partial charge in [0, 0.05) is 32.7 Å². The molecule has 1 atom stereocenters. The Hall–Kier alpha value is -1.96. The molecule has 3 rings (SSSR count). The maximum atomic E-state index is 11.2. The quantitative estimate of drug-likeness (QED) is 0.659. The van der Waals surface area contributed by atoms with Gasteiger partial charge in [0.05, 0.1) is 4.92 Å². The Kier molecular flexibility index (Phi) is 3.87. The average Bonchev–Trinajstić information content (AvgIpc) is 2.53. The topological polar surface area (TPSA) is 87.4 Å². The highest BCUT2D eigenvalue weighted by molar-refractivity contribution is 5.59. The number of piperazine rings is 1. The predicted octanol–water partition coefficient (Wildman–Crippen LogP) is 1.10. The van der Waals surface area contributed by atoms with Gasteiger partial charge in [-0.15, -0.1) is 0 Å². The van der Waals surface area contributed by atoms with Crippen LogP contribution in [0.5, 0.6) is 0 Å². The second-order valence-electron chi connectivity index (χ2n) is 5.54. The van der Waals surface area contributed by atoms with E-state index in [4.69, 9.17) is 0 Å². The molecule has 1 aromatic heterocycles. The summed E-state index contributed by atoms with van der Waals surface area (Å²) in [7, 11) is 1.71. The van der Waals surface area contributed by atoms with Crippen molar-refractivity contribution in [1.29, 1.82) is 0 Å². The maximum Gasteiger partial charge on any atom is 0.329 e. The zero-order valence-corrected chi connectivity index (χ0v) is 12.2. The first-order chi connectivity index (χ1) is 10.2. The third-order valence-electron chi connectivity index (χ3n) is 4.31. The second kappa shape index (κ2) is 5.80. The minimum Gasteiger partial charge on any atom is -0.357 e. The van der Waals surface area contributed by atoms with Crippen LogP contribution in [0, 0.1) is 10.1 Å². The van der Waals surface area contributed by atoms with E-state index in [1.807, 2.05) is 4.90 Å². The lowest BCUT2D eigenvalue weighted by Gasteiger charge is -2.44. The fourth-order valence-electron chi connectivity index (χ4n) is 3.20. The highest BCUT2D eigenvalue weighted by Gasteiger charge is 2.32. The third-order valence-corrected chi connectivity index (χ3v) is 4.31. The van der Waals surface area contributed by atoms with Gasteiger partial charge in [-0.05, 0) is 19.4 Å². The molecule has 0 bridgehead atoms. The van der Waals surface area contributed by atoms with E-state index >= 15 is 0 Å². The van der Waals surface area contributed by atoms with Gasteiger partial charge in [-0.25, -0.2) is 4.98 Å². The monoisotopic (exact) mass is 292 g/mol. The molecule has 0 spiro atoms. The van der Waals surface area contributed by atoms with Crippen LogP contribution in [0.15, 0.2) is 6.20 Å². The summed E-state index contributed by atoms with van der Waals surface area (Å²) in [5, 5.41) is 14.1. The van der Waals surface area contributed by atoms with Crippen molar-refractivity contribution in [3.63, 3.8) is 0 Å².